The predicted octanol–water partition coefficient (Wildman–Crippen LogP) is 0.133. The maximum Gasteiger partial charge on any atom is 0.250 e. The fourth-order valence-electron chi connectivity index (χ4n) is 1.95. The van der Waals surface area contributed by atoms with Gasteiger partial charge in [0.2, 0.25) is 0 Å². The van der Waals surface area contributed by atoms with E-state index in [2.05, 4.69) is 10.6 Å². The van der Waals surface area contributed by atoms with Gasteiger partial charge < -0.3 is 20.5 Å². The second-order valence-corrected chi connectivity index (χ2v) is 4.74. The number of hydrogen-bond donors (Lipinski definition) is 3. The standard InChI is InChI=1S/C14H20N2O3/c1-10-2-4-11(5-3-10)12(17)8-16-14(18)13-9-15-6-7-19-13/h2-5,12-13,15,17H,6-9H2,1H3,(H,16,18)/t12-,13+/m1/s1. The number of aliphatic hydroxyl groups is 1. The summed E-state index contributed by atoms with van der Waals surface area (Å²) in [6.45, 7) is 4.02. The highest BCUT2D eigenvalue weighted by molar-refractivity contribution is 5.81. The first-order valence-corrected chi connectivity index (χ1v) is 6.51. The number of amides is 1. The van der Waals surface area contributed by atoms with Gasteiger partial charge in [-0.25, -0.2) is 0 Å². The Morgan fingerprint density at radius 3 is 2.89 bits per heavy atom. The van der Waals surface area contributed by atoms with E-state index >= 15 is 0 Å². The van der Waals surface area contributed by atoms with Crippen LogP contribution in [0.1, 0.15) is 17.2 Å². The number of ether oxygens (including phenoxy) is 1. The lowest BCUT2D eigenvalue weighted by molar-refractivity contribution is -0.134. The Morgan fingerprint density at radius 2 is 2.26 bits per heavy atom. The van der Waals surface area contributed by atoms with E-state index in [1.54, 1.807) is 0 Å². The van der Waals surface area contributed by atoms with Crippen LogP contribution >= 0.6 is 0 Å². The Bertz CT molecular complexity index is 413. The monoisotopic (exact) mass is 264 g/mol. The number of benzene rings is 1. The summed E-state index contributed by atoms with van der Waals surface area (Å²) in [6, 6.07) is 7.61. The zero-order chi connectivity index (χ0) is 13.7. The molecule has 0 aliphatic carbocycles. The van der Waals surface area contributed by atoms with Crippen molar-refractivity contribution < 1.29 is 14.6 Å². The highest BCUT2D eigenvalue weighted by atomic mass is 16.5. The van der Waals surface area contributed by atoms with Gasteiger partial charge in [-0.1, -0.05) is 29.8 Å². The molecule has 1 fully saturated rings. The average Bonchev–Trinajstić information content (AvgIpc) is 2.46. The van der Waals surface area contributed by atoms with E-state index in [0.717, 1.165) is 17.7 Å². The Kier molecular flexibility index (Phi) is 4.90. The van der Waals surface area contributed by atoms with Gasteiger partial charge in [-0.2, -0.15) is 0 Å². The van der Waals surface area contributed by atoms with Gasteiger partial charge in [-0.15, -0.1) is 0 Å². The largest absolute Gasteiger partial charge is 0.387 e. The lowest BCUT2D eigenvalue weighted by Crippen LogP contribution is -2.48. The molecule has 3 N–H and O–H groups in total. The number of carbonyl (C=O) groups excluding carboxylic acids is 1. The lowest BCUT2D eigenvalue weighted by atomic mass is 10.1. The molecule has 1 aromatic carbocycles. The van der Waals surface area contributed by atoms with Crippen molar-refractivity contribution in [2.45, 2.75) is 19.1 Å². The van der Waals surface area contributed by atoms with Crippen molar-refractivity contribution in [3.63, 3.8) is 0 Å². The maximum absolute atomic E-state index is 11.8. The molecule has 0 aromatic heterocycles. The van der Waals surface area contributed by atoms with Crippen LogP contribution in [-0.2, 0) is 9.53 Å². The van der Waals surface area contributed by atoms with Crippen molar-refractivity contribution in [2.24, 2.45) is 0 Å². The zero-order valence-corrected chi connectivity index (χ0v) is 11.1. The van der Waals surface area contributed by atoms with E-state index < -0.39 is 12.2 Å². The number of nitrogens with one attached hydrogen (secondary N) is 2. The van der Waals surface area contributed by atoms with Gasteiger partial charge in [0.25, 0.3) is 5.91 Å². The number of carbonyl (C=O) groups is 1. The van der Waals surface area contributed by atoms with Gasteiger partial charge >= 0.3 is 0 Å². The molecule has 19 heavy (non-hydrogen) atoms. The molecular weight excluding hydrogens is 244 g/mol. The molecule has 1 aromatic rings. The van der Waals surface area contributed by atoms with Crippen LogP contribution in [0.2, 0.25) is 0 Å². The molecule has 1 heterocycles. The van der Waals surface area contributed by atoms with Crippen LogP contribution < -0.4 is 10.6 Å². The van der Waals surface area contributed by atoms with Crippen molar-refractivity contribution in [1.82, 2.24) is 10.6 Å². The number of hydrogen-bond acceptors (Lipinski definition) is 4. The van der Waals surface area contributed by atoms with Gasteiger partial charge in [0.1, 0.15) is 6.10 Å². The normalized spacial score (nSPS) is 20.8. The Labute approximate surface area is 113 Å². The van der Waals surface area contributed by atoms with Crippen LogP contribution in [-0.4, -0.2) is 43.4 Å². The van der Waals surface area contributed by atoms with Crippen LogP contribution in [0.4, 0.5) is 0 Å². The molecule has 104 valence electrons. The molecule has 1 amide bonds. The van der Waals surface area contributed by atoms with Crippen molar-refractivity contribution in [1.29, 1.82) is 0 Å². The predicted molar refractivity (Wildman–Crippen MR) is 71.8 cm³/mol. The molecule has 0 unspecified atom stereocenters. The molecule has 2 atom stereocenters. The smallest absolute Gasteiger partial charge is 0.250 e. The van der Waals surface area contributed by atoms with Crippen LogP contribution in [0.5, 0.6) is 0 Å². The molecule has 1 aliphatic rings. The van der Waals surface area contributed by atoms with Gasteiger partial charge in [-0.3, -0.25) is 4.79 Å². The Hall–Kier alpha value is -1.43. The molecule has 1 aliphatic heterocycles. The number of aryl methyl sites for hydroxylation is 1. The minimum Gasteiger partial charge on any atom is -0.387 e. The van der Waals surface area contributed by atoms with Crippen LogP contribution in [0.3, 0.4) is 0 Å². The zero-order valence-electron chi connectivity index (χ0n) is 11.1. The van der Waals surface area contributed by atoms with Crippen LogP contribution in [0, 0.1) is 6.92 Å². The van der Waals surface area contributed by atoms with E-state index in [9.17, 15) is 9.90 Å². The quantitative estimate of drug-likeness (QED) is 0.723. The summed E-state index contributed by atoms with van der Waals surface area (Å²) in [5.74, 6) is -0.182. The van der Waals surface area contributed by atoms with Crippen molar-refractivity contribution in [3.8, 4) is 0 Å². The summed E-state index contributed by atoms with van der Waals surface area (Å²) in [5, 5.41) is 15.8. The first-order valence-electron chi connectivity index (χ1n) is 6.51. The van der Waals surface area contributed by atoms with E-state index in [4.69, 9.17) is 4.74 Å². The van der Waals surface area contributed by atoms with E-state index in [1.165, 1.54) is 0 Å². The molecular formula is C14H20N2O3. The van der Waals surface area contributed by atoms with E-state index in [1.807, 2.05) is 31.2 Å². The second kappa shape index (κ2) is 6.65. The Morgan fingerprint density at radius 1 is 1.53 bits per heavy atom. The average molecular weight is 264 g/mol. The molecule has 5 heteroatoms. The van der Waals surface area contributed by atoms with Crippen LogP contribution in [0.25, 0.3) is 0 Å². The molecule has 2 rings (SSSR count). The third-order valence-electron chi connectivity index (χ3n) is 3.15. The summed E-state index contributed by atoms with van der Waals surface area (Å²) in [7, 11) is 0. The summed E-state index contributed by atoms with van der Waals surface area (Å²) in [5.41, 5.74) is 1.94. The van der Waals surface area contributed by atoms with Gasteiger partial charge in [-0.05, 0) is 12.5 Å². The topological polar surface area (TPSA) is 70.6 Å². The number of rotatable bonds is 4. The number of morpholine rings is 1. The molecule has 5 nitrogen and oxygen atoms in total. The third kappa shape index (κ3) is 4.02. The van der Waals surface area contributed by atoms with Crippen molar-refractivity contribution in [3.05, 3.63) is 35.4 Å². The summed E-state index contributed by atoms with van der Waals surface area (Å²) < 4.78 is 5.34. The first-order chi connectivity index (χ1) is 9.16. The fraction of sp³-hybridized carbons (Fsp3) is 0.500. The molecule has 0 saturated carbocycles. The highest BCUT2D eigenvalue weighted by Gasteiger charge is 2.22. The van der Waals surface area contributed by atoms with Gasteiger partial charge in [0, 0.05) is 19.6 Å². The second-order valence-electron chi connectivity index (χ2n) is 4.74. The van der Waals surface area contributed by atoms with E-state index in [0.29, 0.717) is 13.2 Å². The maximum atomic E-state index is 11.8. The van der Waals surface area contributed by atoms with Gasteiger partial charge in [0.15, 0.2) is 0 Å². The van der Waals surface area contributed by atoms with Crippen molar-refractivity contribution in [2.75, 3.05) is 26.2 Å². The fourth-order valence-corrected chi connectivity index (χ4v) is 1.95. The summed E-state index contributed by atoms with van der Waals surface area (Å²) >= 11 is 0. The lowest BCUT2D eigenvalue weighted by Gasteiger charge is -2.23. The third-order valence-corrected chi connectivity index (χ3v) is 3.15. The summed E-state index contributed by atoms with van der Waals surface area (Å²) in [4.78, 5) is 11.8. The number of aliphatic hydroxyl groups excluding tert-OH is 1. The first kappa shape index (κ1) is 14.0. The molecule has 0 spiro atoms. The minimum absolute atomic E-state index is 0.182. The van der Waals surface area contributed by atoms with Gasteiger partial charge in [0.05, 0.1) is 12.7 Å². The van der Waals surface area contributed by atoms with Crippen molar-refractivity contribution >= 4 is 5.91 Å². The minimum atomic E-state index is -0.693. The Balaban J connectivity index is 1.80. The van der Waals surface area contributed by atoms with Crippen LogP contribution in [0.15, 0.2) is 24.3 Å². The SMILES string of the molecule is Cc1ccc([C@H](O)CNC(=O)[C@@H]2CNCCO2)cc1. The van der Waals surface area contributed by atoms with E-state index in [-0.39, 0.29) is 12.5 Å². The molecule has 0 bridgehead atoms. The summed E-state index contributed by atoms with van der Waals surface area (Å²) in [6.07, 6.45) is -1.15. The molecule has 1 saturated heterocycles. The molecule has 0 radical (unpaired) electrons. The highest BCUT2D eigenvalue weighted by Crippen LogP contribution is 2.12.